The van der Waals surface area contributed by atoms with E-state index in [0.29, 0.717) is 9.23 Å². The van der Waals surface area contributed by atoms with E-state index in [4.69, 9.17) is 12.2 Å². The Morgan fingerprint density at radius 2 is 2.00 bits per heavy atom. The molecule has 0 bridgehead atoms. The highest BCUT2D eigenvalue weighted by Crippen LogP contribution is 2.31. The largest absolute Gasteiger partial charge is 0.545 e. The zero-order valence-electron chi connectivity index (χ0n) is 9.38. The molecule has 4 nitrogen and oxygen atoms in total. The van der Waals surface area contributed by atoms with Crippen molar-refractivity contribution in [2.75, 3.05) is 7.05 Å². The number of nitrogens with zero attached hydrogens (tertiary/aromatic N) is 1. The van der Waals surface area contributed by atoms with E-state index in [9.17, 15) is 14.7 Å². The van der Waals surface area contributed by atoms with Crippen LogP contribution in [0.15, 0.2) is 29.2 Å². The zero-order valence-corrected chi connectivity index (χ0v) is 11.0. The van der Waals surface area contributed by atoms with Crippen LogP contribution in [-0.4, -0.2) is 28.1 Å². The molecule has 1 fully saturated rings. The predicted octanol–water partition coefficient (Wildman–Crippen LogP) is 0.881. The molecule has 18 heavy (non-hydrogen) atoms. The first-order valence-electron chi connectivity index (χ1n) is 5.02. The number of rotatable bonds is 2. The number of aromatic carboxylic acids is 1. The molecule has 0 spiro atoms. The molecular weight excluding hydrogens is 270 g/mol. The molecule has 0 atom stereocenters. The van der Waals surface area contributed by atoms with Gasteiger partial charge in [-0.15, -0.1) is 0 Å². The second-order valence-electron chi connectivity index (χ2n) is 3.65. The molecule has 0 N–H and O–H groups in total. The molecule has 1 saturated heterocycles. The second kappa shape index (κ2) is 4.91. The van der Waals surface area contributed by atoms with Gasteiger partial charge in [-0.25, -0.2) is 0 Å². The minimum atomic E-state index is -1.22. The molecule has 0 unspecified atom stereocenters. The highest BCUT2D eigenvalue weighted by molar-refractivity contribution is 8.26. The van der Waals surface area contributed by atoms with Gasteiger partial charge in [0.2, 0.25) is 0 Å². The van der Waals surface area contributed by atoms with Crippen LogP contribution in [0.4, 0.5) is 0 Å². The van der Waals surface area contributed by atoms with Crippen LogP contribution in [0.3, 0.4) is 0 Å². The number of hydrogen-bond donors (Lipinski definition) is 0. The quantitative estimate of drug-likeness (QED) is 0.594. The highest BCUT2D eigenvalue weighted by atomic mass is 32.2. The molecule has 0 saturated carbocycles. The Morgan fingerprint density at radius 1 is 1.39 bits per heavy atom. The third-order valence-electron chi connectivity index (χ3n) is 2.43. The van der Waals surface area contributed by atoms with Crippen LogP contribution in [0, 0.1) is 0 Å². The summed E-state index contributed by atoms with van der Waals surface area (Å²) in [4.78, 5) is 24.3. The molecule has 1 aromatic rings. The van der Waals surface area contributed by atoms with Crippen LogP contribution in [-0.2, 0) is 4.79 Å². The van der Waals surface area contributed by atoms with Crippen LogP contribution in [0.1, 0.15) is 15.9 Å². The van der Waals surface area contributed by atoms with Gasteiger partial charge in [-0.3, -0.25) is 9.69 Å². The number of likely N-dealkylation sites (N-methyl/N-ethyl adjacent to an activating group) is 1. The van der Waals surface area contributed by atoms with Crippen LogP contribution in [0.25, 0.3) is 6.08 Å². The van der Waals surface area contributed by atoms with E-state index in [2.05, 4.69) is 0 Å². The van der Waals surface area contributed by atoms with Crippen LogP contribution >= 0.6 is 24.0 Å². The van der Waals surface area contributed by atoms with Crippen LogP contribution < -0.4 is 5.11 Å². The summed E-state index contributed by atoms with van der Waals surface area (Å²) < 4.78 is 0.512. The molecule has 0 radical (unpaired) electrons. The minimum absolute atomic E-state index is 0.107. The first-order chi connectivity index (χ1) is 8.49. The molecule has 1 amide bonds. The fourth-order valence-corrected chi connectivity index (χ4v) is 2.59. The van der Waals surface area contributed by atoms with E-state index < -0.39 is 5.97 Å². The number of thioether (sulfide) groups is 1. The lowest BCUT2D eigenvalue weighted by atomic mass is 10.1. The summed E-state index contributed by atoms with van der Waals surface area (Å²) in [5.41, 5.74) is 0.851. The first kappa shape index (κ1) is 12.8. The van der Waals surface area contributed by atoms with Gasteiger partial charge < -0.3 is 9.90 Å². The monoisotopic (exact) mass is 278 g/mol. The highest BCUT2D eigenvalue weighted by Gasteiger charge is 2.28. The number of carboxylic acids is 1. The van der Waals surface area contributed by atoms with Crippen molar-refractivity contribution in [3.8, 4) is 0 Å². The zero-order chi connectivity index (χ0) is 13.3. The number of carboxylic acid groups (broad SMARTS) is 1. The van der Waals surface area contributed by atoms with E-state index in [1.165, 1.54) is 28.8 Å². The standard InChI is InChI=1S/C12H9NO3S2/c1-13-10(14)9(18-12(13)17)6-7-2-4-8(5-3-7)11(15)16/h2-6H,1H3,(H,15,16)/p-1/b9-6+. The summed E-state index contributed by atoms with van der Waals surface area (Å²) in [5, 5.41) is 10.6. The molecule has 1 aliphatic rings. The van der Waals surface area contributed by atoms with Gasteiger partial charge in [-0.05, 0) is 17.2 Å². The maximum absolute atomic E-state index is 11.7. The van der Waals surface area contributed by atoms with E-state index in [0.717, 1.165) is 5.56 Å². The van der Waals surface area contributed by atoms with Crippen molar-refractivity contribution < 1.29 is 14.7 Å². The third-order valence-corrected chi connectivity index (χ3v) is 3.92. The molecule has 1 heterocycles. The van der Waals surface area contributed by atoms with Gasteiger partial charge in [0.25, 0.3) is 5.91 Å². The van der Waals surface area contributed by atoms with Crippen molar-refractivity contribution in [2.24, 2.45) is 0 Å². The number of amides is 1. The SMILES string of the molecule is CN1C(=O)/C(=C\c2ccc(C(=O)[O-])cc2)SC1=S. The Labute approximate surface area is 113 Å². The summed E-state index contributed by atoms with van der Waals surface area (Å²) in [6, 6.07) is 6.11. The Kier molecular flexibility index (Phi) is 3.49. The number of benzene rings is 1. The van der Waals surface area contributed by atoms with E-state index in [1.54, 1.807) is 25.3 Å². The van der Waals surface area contributed by atoms with Crippen molar-refractivity contribution in [3.05, 3.63) is 40.3 Å². The normalized spacial score (nSPS) is 17.6. The smallest absolute Gasteiger partial charge is 0.265 e. The predicted molar refractivity (Wildman–Crippen MR) is 71.7 cm³/mol. The Hall–Kier alpha value is -1.66. The van der Waals surface area contributed by atoms with E-state index >= 15 is 0 Å². The van der Waals surface area contributed by atoms with E-state index in [-0.39, 0.29) is 11.5 Å². The molecular formula is C12H8NO3S2-. The minimum Gasteiger partial charge on any atom is -0.545 e. The third kappa shape index (κ3) is 2.44. The molecule has 92 valence electrons. The maximum Gasteiger partial charge on any atom is 0.265 e. The van der Waals surface area contributed by atoms with Gasteiger partial charge in [-0.2, -0.15) is 0 Å². The number of carbonyl (C=O) groups excluding carboxylic acids is 2. The maximum atomic E-state index is 11.7. The Morgan fingerprint density at radius 3 is 2.44 bits per heavy atom. The topological polar surface area (TPSA) is 60.4 Å². The Balaban J connectivity index is 2.26. The van der Waals surface area contributed by atoms with E-state index in [1.807, 2.05) is 0 Å². The Bertz CT molecular complexity index is 563. The van der Waals surface area contributed by atoms with Crippen molar-refractivity contribution in [1.82, 2.24) is 4.90 Å². The molecule has 0 aromatic heterocycles. The summed E-state index contributed by atoms with van der Waals surface area (Å²) in [7, 11) is 1.62. The van der Waals surface area contributed by atoms with Gasteiger partial charge in [-0.1, -0.05) is 48.2 Å². The lowest BCUT2D eigenvalue weighted by molar-refractivity contribution is -0.255. The number of carbonyl (C=O) groups is 2. The average molecular weight is 278 g/mol. The van der Waals surface area contributed by atoms with Gasteiger partial charge in [0.05, 0.1) is 10.9 Å². The van der Waals surface area contributed by atoms with Crippen LogP contribution in [0.2, 0.25) is 0 Å². The fourth-order valence-electron chi connectivity index (χ4n) is 1.41. The fraction of sp³-hybridized carbons (Fsp3) is 0.0833. The molecule has 1 aliphatic heterocycles. The summed E-state index contributed by atoms with van der Waals surface area (Å²) in [6.45, 7) is 0. The molecule has 2 rings (SSSR count). The van der Waals surface area contributed by atoms with Gasteiger partial charge >= 0.3 is 0 Å². The molecule has 1 aromatic carbocycles. The first-order valence-corrected chi connectivity index (χ1v) is 6.24. The van der Waals surface area contributed by atoms with Crippen molar-refractivity contribution in [1.29, 1.82) is 0 Å². The average Bonchev–Trinajstić information content (AvgIpc) is 2.58. The lowest BCUT2D eigenvalue weighted by Gasteiger charge is -2.04. The second-order valence-corrected chi connectivity index (χ2v) is 5.33. The lowest BCUT2D eigenvalue weighted by Crippen LogP contribution is -2.22. The van der Waals surface area contributed by atoms with Gasteiger partial charge in [0.1, 0.15) is 4.32 Å². The summed E-state index contributed by atoms with van der Waals surface area (Å²) >= 11 is 6.24. The van der Waals surface area contributed by atoms with Gasteiger partial charge in [0, 0.05) is 7.05 Å². The van der Waals surface area contributed by atoms with Crippen molar-refractivity contribution >= 4 is 46.3 Å². The molecule has 6 heteroatoms. The number of thiocarbonyl (C=S) groups is 1. The van der Waals surface area contributed by atoms with Crippen molar-refractivity contribution in [2.45, 2.75) is 0 Å². The van der Waals surface area contributed by atoms with Crippen molar-refractivity contribution in [3.63, 3.8) is 0 Å². The summed E-state index contributed by atoms with van der Waals surface area (Å²) in [6.07, 6.45) is 1.68. The van der Waals surface area contributed by atoms with Gasteiger partial charge in [0.15, 0.2) is 0 Å². The number of hydrogen-bond acceptors (Lipinski definition) is 5. The molecule has 0 aliphatic carbocycles. The summed E-state index contributed by atoms with van der Waals surface area (Å²) in [5.74, 6) is -1.37. The van der Waals surface area contributed by atoms with Crippen LogP contribution in [0.5, 0.6) is 0 Å².